The predicted octanol–water partition coefficient (Wildman–Crippen LogP) is 2.67. The van der Waals surface area contributed by atoms with E-state index >= 15 is 0 Å². The summed E-state index contributed by atoms with van der Waals surface area (Å²) in [6.07, 6.45) is 1.41. The molecule has 0 aliphatic heterocycles. The maximum Gasteiger partial charge on any atom is 0.261 e. The molecule has 0 saturated heterocycles. The summed E-state index contributed by atoms with van der Waals surface area (Å²) in [5.41, 5.74) is -0.325. The molecule has 19 heavy (non-hydrogen) atoms. The molecular weight excluding hydrogens is 293 g/mol. The van der Waals surface area contributed by atoms with Gasteiger partial charge in [-0.05, 0) is 31.0 Å². The minimum atomic E-state index is -3.99. The second-order valence-electron chi connectivity index (χ2n) is 4.07. The van der Waals surface area contributed by atoms with E-state index in [2.05, 4.69) is 5.32 Å². The predicted molar refractivity (Wildman–Crippen MR) is 71.3 cm³/mol. The number of halogens is 2. The first-order valence-corrected chi connectivity index (χ1v) is 8.15. The third-order valence-corrected chi connectivity index (χ3v) is 4.14. The molecule has 0 aliphatic carbocycles. The topological polar surface area (TPSA) is 63.2 Å². The van der Waals surface area contributed by atoms with Crippen molar-refractivity contribution in [2.24, 2.45) is 0 Å². The lowest BCUT2D eigenvalue weighted by Crippen LogP contribution is -2.34. The third kappa shape index (κ3) is 4.18. The van der Waals surface area contributed by atoms with Crippen molar-refractivity contribution in [2.75, 3.05) is 0 Å². The van der Waals surface area contributed by atoms with Crippen LogP contribution in [0.3, 0.4) is 0 Å². The van der Waals surface area contributed by atoms with Crippen molar-refractivity contribution >= 4 is 25.6 Å². The Morgan fingerprint density at radius 1 is 1.37 bits per heavy atom. The zero-order valence-electron chi connectivity index (χ0n) is 10.6. The highest BCUT2D eigenvalue weighted by Crippen LogP contribution is 2.19. The van der Waals surface area contributed by atoms with Gasteiger partial charge in [-0.2, -0.15) is 0 Å². The molecule has 1 aromatic carbocycles. The maximum absolute atomic E-state index is 13.6. The Morgan fingerprint density at radius 2 is 1.95 bits per heavy atom. The van der Waals surface area contributed by atoms with Crippen LogP contribution in [0.4, 0.5) is 4.39 Å². The highest BCUT2D eigenvalue weighted by atomic mass is 35.7. The Hall–Kier alpha value is -1.14. The fourth-order valence-corrected chi connectivity index (χ4v) is 2.36. The van der Waals surface area contributed by atoms with Gasteiger partial charge in [0.1, 0.15) is 5.82 Å². The fourth-order valence-electron chi connectivity index (χ4n) is 1.59. The van der Waals surface area contributed by atoms with Crippen LogP contribution in [-0.4, -0.2) is 20.4 Å². The average molecular weight is 308 g/mol. The molecule has 1 amide bonds. The minimum absolute atomic E-state index is 0.0804. The SMILES string of the molecule is CCC(CC)NC(=O)c1cc(S(=O)(=O)Cl)ccc1F. The summed E-state index contributed by atoms with van der Waals surface area (Å²) in [7, 11) is 1.18. The van der Waals surface area contributed by atoms with Crippen LogP contribution in [0, 0.1) is 5.82 Å². The summed E-state index contributed by atoms with van der Waals surface area (Å²) < 4.78 is 35.9. The van der Waals surface area contributed by atoms with E-state index in [1.54, 1.807) is 0 Å². The lowest BCUT2D eigenvalue weighted by molar-refractivity contribution is 0.0930. The number of benzene rings is 1. The number of amides is 1. The van der Waals surface area contributed by atoms with Crippen molar-refractivity contribution in [1.29, 1.82) is 0 Å². The van der Waals surface area contributed by atoms with Gasteiger partial charge in [0.2, 0.25) is 0 Å². The Labute approximate surface area is 116 Å². The van der Waals surface area contributed by atoms with Gasteiger partial charge in [-0.1, -0.05) is 13.8 Å². The summed E-state index contributed by atoms with van der Waals surface area (Å²) in [6.45, 7) is 3.79. The summed E-state index contributed by atoms with van der Waals surface area (Å²) in [4.78, 5) is 11.6. The van der Waals surface area contributed by atoms with E-state index in [0.29, 0.717) is 12.8 Å². The molecule has 1 rings (SSSR count). The summed E-state index contributed by atoms with van der Waals surface area (Å²) in [5, 5.41) is 2.64. The summed E-state index contributed by atoms with van der Waals surface area (Å²) in [5.74, 6) is -1.43. The van der Waals surface area contributed by atoms with Crippen molar-refractivity contribution in [3.05, 3.63) is 29.6 Å². The van der Waals surface area contributed by atoms with Crippen molar-refractivity contribution < 1.29 is 17.6 Å². The number of hydrogen-bond donors (Lipinski definition) is 1. The zero-order chi connectivity index (χ0) is 14.6. The van der Waals surface area contributed by atoms with E-state index in [0.717, 1.165) is 18.2 Å². The van der Waals surface area contributed by atoms with E-state index in [9.17, 15) is 17.6 Å². The molecule has 0 radical (unpaired) electrons. The lowest BCUT2D eigenvalue weighted by Gasteiger charge is -2.15. The van der Waals surface area contributed by atoms with Crippen molar-refractivity contribution in [1.82, 2.24) is 5.32 Å². The van der Waals surface area contributed by atoms with Gasteiger partial charge in [0, 0.05) is 16.7 Å². The Kier molecular flexibility index (Phi) is 5.31. The lowest BCUT2D eigenvalue weighted by atomic mass is 10.1. The van der Waals surface area contributed by atoms with Gasteiger partial charge in [-0.3, -0.25) is 4.79 Å². The van der Waals surface area contributed by atoms with Gasteiger partial charge in [-0.25, -0.2) is 12.8 Å². The van der Waals surface area contributed by atoms with Crippen LogP contribution in [0.25, 0.3) is 0 Å². The van der Waals surface area contributed by atoms with Crippen molar-refractivity contribution in [3.63, 3.8) is 0 Å². The number of carbonyl (C=O) groups is 1. The van der Waals surface area contributed by atoms with Gasteiger partial charge in [0.05, 0.1) is 10.5 Å². The molecule has 7 heteroatoms. The Bertz CT molecular complexity index is 570. The van der Waals surface area contributed by atoms with Crippen LogP contribution in [0.5, 0.6) is 0 Å². The molecule has 0 bridgehead atoms. The van der Waals surface area contributed by atoms with Gasteiger partial charge in [0.15, 0.2) is 0 Å². The highest BCUT2D eigenvalue weighted by molar-refractivity contribution is 8.13. The molecule has 106 valence electrons. The summed E-state index contributed by atoms with van der Waals surface area (Å²) in [6, 6.07) is 2.79. The first-order chi connectivity index (χ1) is 8.79. The monoisotopic (exact) mass is 307 g/mol. The number of hydrogen-bond acceptors (Lipinski definition) is 3. The maximum atomic E-state index is 13.6. The standard InChI is InChI=1S/C12H15ClFNO3S/c1-3-8(4-2)15-12(16)10-7-9(19(13,17)18)5-6-11(10)14/h5-8H,3-4H2,1-2H3,(H,15,16). The summed E-state index contributed by atoms with van der Waals surface area (Å²) >= 11 is 0. The van der Waals surface area contributed by atoms with Gasteiger partial charge < -0.3 is 5.32 Å². The average Bonchev–Trinajstić information content (AvgIpc) is 2.34. The van der Waals surface area contributed by atoms with E-state index in [1.807, 2.05) is 13.8 Å². The Balaban J connectivity index is 3.09. The van der Waals surface area contributed by atoms with Crippen LogP contribution >= 0.6 is 10.7 Å². The molecule has 0 atom stereocenters. The van der Waals surface area contributed by atoms with E-state index in [1.165, 1.54) is 0 Å². The minimum Gasteiger partial charge on any atom is -0.349 e. The number of carbonyl (C=O) groups excluding carboxylic acids is 1. The van der Waals surface area contributed by atoms with Gasteiger partial charge in [0.25, 0.3) is 15.0 Å². The second-order valence-corrected chi connectivity index (χ2v) is 6.63. The Morgan fingerprint density at radius 3 is 2.42 bits per heavy atom. The number of rotatable bonds is 5. The largest absolute Gasteiger partial charge is 0.349 e. The third-order valence-electron chi connectivity index (χ3n) is 2.78. The highest BCUT2D eigenvalue weighted by Gasteiger charge is 2.19. The van der Waals surface area contributed by atoms with Crippen LogP contribution in [0.15, 0.2) is 23.1 Å². The normalized spacial score (nSPS) is 11.6. The molecule has 0 heterocycles. The second kappa shape index (κ2) is 6.34. The van der Waals surface area contributed by atoms with Gasteiger partial charge in [-0.15, -0.1) is 0 Å². The fraction of sp³-hybridized carbons (Fsp3) is 0.417. The van der Waals surface area contributed by atoms with E-state index in [-0.39, 0.29) is 16.5 Å². The van der Waals surface area contributed by atoms with Crippen LogP contribution < -0.4 is 5.32 Å². The molecular formula is C12H15ClFNO3S. The molecule has 0 spiro atoms. The molecule has 0 aromatic heterocycles. The van der Waals surface area contributed by atoms with E-state index in [4.69, 9.17) is 10.7 Å². The number of nitrogens with one attached hydrogen (secondary N) is 1. The van der Waals surface area contributed by atoms with Crippen LogP contribution in [-0.2, 0) is 9.05 Å². The smallest absolute Gasteiger partial charge is 0.261 e. The molecule has 0 unspecified atom stereocenters. The van der Waals surface area contributed by atoms with Crippen molar-refractivity contribution in [3.8, 4) is 0 Å². The molecule has 0 saturated carbocycles. The van der Waals surface area contributed by atoms with Crippen LogP contribution in [0.2, 0.25) is 0 Å². The quantitative estimate of drug-likeness (QED) is 0.851. The molecule has 0 fully saturated rings. The first kappa shape index (κ1) is 15.9. The molecule has 4 nitrogen and oxygen atoms in total. The van der Waals surface area contributed by atoms with E-state index < -0.39 is 20.8 Å². The zero-order valence-corrected chi connectivity index (χ0v) is 12.2. The first-order valence-electron chi connectivity index (χ1n) is 5.84. The molecule has 0 aliphatic rings. The molecule has 1 N–H and O–H groups in total. The van der Waals surface area contributed by atoms with Gasteiger partial charge >= 0.3 is 0 Å². The molecule has 1 aromatic rings. The van der Waals surface area contributed by atoms with Crippen LogP contribution in [0.1, 0.15) is 37.0 Å². The van der Waals surface area contributed by atoms with Crippen molar-refractivity contribution in [2.45, 2.75) is 37.6 Å².